The second kappa shape index (κ2) is 5.89. The van der Waals surface area contributed by atoms with E-state index in [4.69, 9.17) is 14.9 Å². The minimum Gasteiger partial charge on any atom is -0.469 e. The monoisotopic (exact) mass is 294 g/mol. The van der Waals surface area contributed by atoms with Crippen molar-refractivity contribution in [2.24, 2.45) is 5.73 Å². The fraction of sp³-hybridized carbons (Fsp3) is 0.600. The smallest absolute Gasteiger partial charge is 0.326 e. The molecule has 1 aromatic heterocycles. The number of esters is 1. The van der Waals surface area contributed by atoms with Gasteiger partial charge in [0.15, 0.2) is 0 Å². The van der Waals surface area contributed by atoms with Gasteiger partial charge in [0.25, 0.3) is 0 Å². The topological polar surface area (TPSA) is 85.8 Å². The highest BCUT2D eigenvalue weighted by molar-refractivity contribution is 5.92. The molecule has 6 nitrogen and oxygen atoms in total. The maximum atomic E-state index is 11.8. The lowest BCUT2D eigenvalue weighted by Gasteiger charge is -2.45. The van der Waals surface area contributed by atoms with Crippen molar-refractivity contribution >= 4 is 11.9 Å². The maximum absolute atomic E-state index is 11.8. The Bertz CT molecular complexity index is 504. The zero-order chi connectivity index (χ0) is 15.6. The van der Waals surface area contributed by atoms with Crippen LogP contribution in [0.2, 0.25) is 0 Å². The van der Waals surface area contributed by atoms with Crippen LogP contribution in [0.15, 0.2) is 22.8 Å². The van der Waals surface area contributed by atoms with Crippen molar-refractivity contribution in [3.63, 3.8) is 0 Å². The second-order valence-corrected chi connectivity index (χ2v) is 6.26. The fourth-order valence-corrected chi connectivity index (χ4v) is 2.42. The number of hydrogen-bond donors (Lipinski definition) is 1. The molecule has 0 radical (unpaired) electrons. The van der Waals surface area contributed by atoms with Crippen molar-refractivity contribution in [3.8, 4) is 0 Å². The highest BCUT2D eigenvalue weighted by atomic mass is 16.6. The number of carbonyl (C=O) groups excluding carboxylic acids is 2. The molecule has 0 aliphatic carbocycles. The summed E-state index contributed by atoms with van der Waals surface area (Å²) in [6, 6.07) is 3.02. The molecule has 1 aromatic rings. The van der Waals surface area contributed by atoms with Gasteiger partial charge in [0, 0.05) is 6.42 Å². The Labute approximate surface area is 124 Å². The number of carbonyl (C=O) groups is 2. The quantitative estimate of drug-likeness (QED) is 0.649. The number of hydrogen-bond acceptors (Lipinski definition) is 5. The van der Waals surface area contributed by atoms with Crippen LogP contribution in [0.25, 0.3) is 0 Å². The molecule has 1 aliphatic heterocycles. The Morgan fingerprint density at radius 1 is 1.48 bits per heavy atom. The Kier molecular flexibility index (Phi) is 4.37. The Hall–Kier alpha value is -1.82. The summed E-state index contributed by atoms with van der Waals surface area (Å²) in [7, 11) is 0. The molecule has 1 aliphatic rings. The van der Waals surface area contributed by atoms with Gasteiger partial charge in [-0.1, -0.05) is 0 Å². The van der Waals surface area contributed by atoms with Crippen LogP contribution < -0.4 is 5.73 Å². The van der Waals surface area contributed by atoms with Gasteiger partial charge >= 0.3 is 5.97 Å². The molecule has 2 N–H and O–H groups in total. The van der Waals surface area contributed by atoms with E-state index in [1.807, 2.05) is 12.1 Å². The first kappa shape index (κ1) is 15.6. The van der Waals surface area contributed by atoms with Crippen molar-refractivity contribution in [2.45, 2.75) is 51.3 Å². The van der Waals surface area contributed by atoms with Crippen LogP contribution >= 0.6 is 0 Å². The molecule has 0 aromatic carbocycles. The van der Waals surface area contributed by atoms with Crippen LogP contribution in [-0.4, -0.2) is 41.0 Å². The van der Waals surface area contributed by atoms with Crippen LogP contribution in [0.5, 0.6) is 0 Å². The molecule has 0 spiro atoms. The molecule has 21 heavy (non-hydrogen) atoms. The summed E-state index contributed by atoms with van der Waals surface area (Å²) in [6.07, 6.45) is 2.96. The van der Waals surface area contributed by atoms with E-state index in [0.29, 0.717) is 12.8 Å². The van der Waals surface area contributed by atoms with Crippen LogP contribution in [0.1, 0.15) is 33.0 Å². The number of ether oxygens (including phenoxy) is 1. The number of nitrogens with zero attached hydrogens (tertiary/aromatic N) is 1. The van der Waals surface area contributed by atoms with Crippen LogP contribution in [0.4, 0.5) is 0 Å². The van der Waals surface area contributed by atoms with E-state index in [1.165, 1.54) is 4.90 Å². The Morgan fingerprint density at radius 3 is 2.76 bits per heavy atom. The summed E-state index contributed by atoms with van der Waals surface area (Å²) in [5.74, 6) is 0.231. The van der Waals surface area contributed by atoms with Gasteiger partial charge in [-0.25, -0.2) is 0 Å². The summed E-state index contributed by atoms with van der Waals surface area (Å²) in [5.41, 5.74) is 5.27. The summed E-state index contributed by atoms with van der Waals surface area (Å²) >= 11 is 0. The number of amides is 1. The van der Waals surface area contributed by atoms with Crippen molar-refractivity contribution in [1.82, 2.24) is 4.90 Å². The highest BCUT2D eigenvalue weighted by Crippen LogP contribution is 2.23. The predicted molar refractivity (Wildman–Crippen MR) is 76.4 cm³/mol. The second-order valence-electron chi connectivity index (χ2n) is 6.26. The highest BCUT2D eigenvalue weighted by Gasteiger charge is 2.45. The minimum absolute atomic E-state index is 0.0490. The number of rotatable bonds is 5. The van der Waals surface area contributed by atoms with Crippen LogP contribution in [0.3, 0.4) is 0 Å². The molecule has 1 fully saturated rings. The molecule has 6 heteroatoms. The zero-order valence-corrected chi connectivity index (χ0v) is 12.7. The third kappa shape index (κ3) is 3.85. The first-order valence-electron chi connectivity index (χ1n) is 7.08. The maximum Gasteiger partial charge on any atom is 0.326 e. The van der Waals surface area contributed by atoms with Crippen molar-refractivity contribution in [2.75, 3.05) is 6.54 Å². The summed E-state index contributed by atoms with van der Waals surface area (Å²) in [6.45, 7) is 5.33. The third-order valence-electron chi connectivity index (χ3n) is 3.37. The standard InChI is InChI=1S/C15H22N2O4/c1-15(2,3)21-12(18)9-17-11(13(16)14(17)19)7-6-10-5-4-8-20-10/h4-5,8,11,13H,6-7,9,16H2,1-3H3. The van der Waals surface area contributed by atoms with Gasteiger partial charge in [-0.3, -0.25) is 9.59 Å². The number of aryl methyl sites for hydroxylation is 1. The first-order valence-corrected chi connectivity index (χ1v) is 7.08. The van der Waals surface area contributed by atoms with Gasteiger partial charge in [0.1, 0.15) is 23.9 Å². The van der Waals surface area contributed by atoms with Crippen molar-refractivity contribution in [1.29, 1.82) is 0 Å². The molecular formula is C15H22N2O4. The van der Waals surface area contributed by atoms with E-state index in [1.54, 1.807) is 27.0 Å². The summed E-state index contributed by atoms with van der Waals surface area (Å²) in [4.78, 5) is 25.1. The molecule has 2 atom stereocenters. The third-order valence-corrected chi connectivity index (χ3v) is 3.37. The average molecular weight is 294 g/mol. The van der Waals surface area contributed by atoms with Crippen LogP contribution in [0, 0.1) is 0 Å². The zero-order valence-electron chi connectivity index (χ0n) is 12.7. The number of likely N-dealkylation sites (tertiary alicyclic amines) is 1. The predicted octanol–water partition coefficient (Wildman–Crippen LogP) is 1.09. The lowest BCUT2D eigenvalue weighted by atomic mass is 9.91. The molecular weight excluding hydrogens is 272 g/mol. The van der Waals surface area contributed by atoms with Gasteiger partial charge in [0.2, 0.25) is 5.91 Å². The van der Waals surface area contributed by atoms with Gasteiger partial charge in [-0.2, -0.15) is 0 Å². The molecule has 0 bridgehead atoms. The molecule has 1 saturated heterocycles. The molecule has 1 amide bonds. The minimum atomic E-state index is -0.559. The lowest BCUT2D eigenvalue weighted by molar-refractivity contribution is -0.166. The average Bonchev–Trinajstić information content (AvgIpc) is 2.88. The van der Waals surface area contributed by atoms with Gasteiger partial charge in [-0.15, -0.1) is 0 Å². The SMILES string of the molecule is CC(C)(C)OC(=O)CN1C(=O)C(N)C1CCc1ccco1. The van der Waals surface area contributed by atoms with Gasteiger partial charge in [0.05, 0.1) is 12.3 Å². The summed E-state index contributed by atoms with van der Waals surface area (Å²) < 4.78 is 10.5. The Balaban J connectivity index is 1.88. The van der Waals surface area contributed by atoms with Crippen molar-refractivity contribution in [3.05, 3.63) is 24.2 Å². The van der Waals surface area contributed by atoms with E-state index in [9.17, 15) is 9.59 Å². The van der Waals surface area contributed by atoms with E-state index < -0.39 is 17.6 Å². The molecule has 0 saturated carbocycles. The van der Waals surface area contributed by atoms with E-state index >= 15 is 0 Å². The largest absolute Gasteiger partial charge is 0.469 e. The molecule has 116 valence electrons. The van der Waals surface area contributed by atoms with Crippen LogP contribution in [-0.2, 0) is 20.7 Å². The normalized spacial score (nSPS) is 22.1. The van der Waals surface area contributed by atoms with E-state index in [-0.39, 0.29) is 18.5 Å². The molecule has 2 heterocycles. The number of β-lactam (4-membered cyclic amide) rings is 1. The van der Waals surface area contributed by atoms with E-state index in [0.717, 1.165) is 5.76 Å². The number of nitrogens with two attached hydrogens (primary N) is 1. The first-order chi connectivity index (χ1) is 9.78. The van der Waals surface area contributed by atoms with Gasteiger partial charge < -0.3 is 19.8 Å². The molecule has 2 rings (SSSR count). The van der Waals surface area contributed by atoms with E-state index in [2.05, 4.69) is 0 Å². The lowest BCUT2D eigenvalue weighted by Crippen LogP contribution is -2.69. The molecule has 2 unspecified atom stereocenters. The van der Waals surface area contributed by atoms with Gasteiger partial charge in [-0.05, 0) is 39.3 Å². The fourth-order valence-electron chi connectivity index (χ4n) is 2.42. The van der Waals surface area contributed by atoms with Crippen molar-refractivity contribution < 1.29 is 18.7 Å². The summed E-state index contributed by atoms with van der Waals surface area (Å²) in [5, 5.41) is 0. The Morgan fingerprint density at radius 2 is 2.19 bits per heavy atom. The number of furan rings is 1.